The lowest BCUT2D eigenvalue weighted by Crippen LogP contribution is -2.52. The highest BCUT2D eigenvalue weighted by Crippen LogP contribution is 2.11. The lowest BCUT2D eigenvalue weighted by molar-refractivity contribution is -0.928. The molecule has 0 saturated heterocycles. The molecule has 0 heterocycles. The van der Waals surface area contributed by atoms with E-state index in [1.807, 2.05) is 0 Å². The molecule has 0 bridgehead atoms. The topological polar surface area (TPSA) is 67.8 Å². The molecule has 0 aliphatic rings. The first-order chi connectivity index (χ1) is 12.1. The lowest BCUT2D eigenvalue weighted by atomic mass is 10.2. The third kappa shape index (κ3) is 12.6. The van der Waals surface area contributed by atoms with Crippen molar-refractivity contribution in [3.63, 3.8) is 0 Å². The Bertz CT molecular complexity index is 365. The van der Waals surface area contributed by atoms with Crippen LogP contribution < -0.4 is 5.32 Å². The van der Waals surface area contributed by atoms with Crippen LogP contribution in [-0.4, -0.2) is 62.5 Å². The van der Waals surface area contributed by atoms with Crippen LogP contribution in [-0.2, 0) is 9.53 Å². The van der Waals surface area contributed by atoms with Gasteiger partial charge in [-0.25, -0.2) is 14.6 Å². The van der Waals surface area contributed by atoms with Gasteiger partial charge in [0.15, 0.2) is 0 Å². The van der Waals surface area contributed by atoms with Gasteiger partial charge in [0.05, 0.1) is 26.2 Å². The van der Waals surface area contributed by atoms with Gasteiger partial charge in [0.25, 0.3) is 0 Å². The van der Waals surface area contributed by atoms with Crippen molar-refractivity contribution in [2.45, 2.75) is 65.7 Å². The molecule has 0 fully saturated rings. The smallest absolute Gasteiger partial charge is 0.407 e. The first kappa shape index (κ1) is 23.6. The van der Waals surface area contributed by atoms with Crippen LogP contribution in [0.5, 0.6) is 0 Å². The van der Waals surface area contributed by atoms with Crippen LogP contribution in [0.2, 0.25) is 0 Å². The number of aliphatic imine (C=N–C) groups is 1. The number of nitrogens with zero attached hydrogens (tertiary/aromatic N) is 2. The second-order valence-corrected chi connectivity index (χ2v) is 6.69. The van der Waals surface area contributed by atoms with E-state index < -0.39 is 0 Å². The molecule has 146 valence electrons. The zero-order valence-corrected chi connectivity index (χ0v) is 16.5. The summed E-state index contributed by atoms with van der Waals surface area (Å²) in [6.45, 7) is 12.7. The number of hydrogen-bond acceptors (Lipinski definition) is 4. The van der Waals surface area contributed by atoms with Gasteiger partial charge in [-0.15, -0.1) is 0 Å². The van der Waals surface area contributed by atoms with Crippen molar-refractivity contribution in [1.82, 2.24) is 5.32 Å². The maximum atomic E-state index is 11.8. The van der Waals surface area contributed by atoms with Crippen LogP contribution in [0.25, 0.3) is 0 Å². The fourth-order valence-electron chi connectivity index (χ4n) is 3.38. The molecule has 1 amide bonds. The largest absolute Gasteiger partial charge is 0.444 e. The monoisotopic (exact) mass is 356 g/mol. The van der Waals surface area contributed by atoms with Crippen LogP contribution in [0.1, 0.15) is 65.7 Å². The molecule has 0 saturated carbocycles. The molecule has 6 nitrogen and oxygen atoms in total. The maximum absolute atomic E-state index is 11.8. The Morgan fingerprint density at radius 1 is 0.960 bits per heavy atom. The van der Waals surface area contributed by atoms with Gasteiger partial charge in [0.2, 0.25) is 6.08 Å². The standard InChI is InChI=1S/C19H37N3O3/c1-4-13-22(14-5-2,15-6-3)16-17-25-19(24)21-12-10-8-7-9-11-20-18-23/h4-17H2,1-3H3/p+1. The molecule has 6 heteroatoms. The number of isocyanates is 1. The number of hydrogen-bond donors (Lipinski definition) is 1. The van der Waals surface area contributed by atoms with E-state index >= 15 is 0 Å². The predicted octanol–water partition coefficient (Wildman–Crippen LogP) is 3.66. The molecule has 1 N–H and O–H groups in total. The number of ether oxygens (including phenoxy) is 1. The number of quaternary nitrogens is 1. The lowest BCUT2D eigenvalue weighted by Gasteiger charge is -2.38. The average Bonchev–Trinajstić information content (AvgIpc) is 2.58. The van der Waals surface area contributed by atoms with E-state index in [9.17, 15) is 9.59 Å². The fourth-order valence-corrected chi connectivity index (χ4v) is 3.38. The van der Waals surface area contributed by atoms with Crippen LogP contribution in [0, 0.1) is 0 Å². The Labute approximate surface area is 153 Å². The van der Waals surface area contributed by atoms with Gasteiger partial charge >= 0.3 is 6.09 Å². The predicted molar refractivity (Wildman–Crippen MR) is 101 cm³/mol. The van der Waals surface area contributed by atoms with Gasteiger partial charge in [-0.3, -0.25) is 0 Å². The molecule has 25 heavy (non-hydrogen) atoms. The molecule has 0 spiro atoms. The van der Waals surface area contributed by atoms with E-state index in [1.54, 1.807) is 0 Å². The molecule has 0 unspecified atom stereocenters. The van der Waals surface area contributed by atoms with Crippen molar-refractivity contribution in [3.05, 3.63) is 0 Å². The van der Waals surface area contributed by atoms with Crippen molar-refractivity contribution in [3.8, 4) is 0 Å². The minimum Gasteiger partial charge on any atom is -0.444 e. The Morgan fingerprint density at radius 2 is 1.56 bits per heavy atom. The van der Waals surface area contributed by atoms with Gasteiger partial charge < -0.3 is 14.5 Å². The Kier molecular flexibility index (Phi) is 15.2. The summed E-state index contributed by atoms with van der Waals surface area (Å²) >= 11 is 0. The summed E-state index contributed by atoms with van der Waals surface area (Å²) in [7, 11) is 0. The second kappa shape index (κ2) is 16.1. The Morgan fingerprint density at radius 3 is 2.12 bits per heavy atom. The molecule has 0 aromatic heterocycles. The minimum atomic E-state index is -0.312. The molecule has 0 aromatic carbocycles. The number of nitrogens with one attached hydrogen (secondary N) is 1. The van der Waals surface area contributed by atoms with E-state index in [2.05, 4.69) is 31.1 Å². The number of alkyl carbamates (subject to hydrolysis) is 1. The molecular weight excluding hydrogens is 318 g/mol. The van der Waals surface area contributed by atoms with Gasteiger partial charge in [0, 0.05) is 6.54 Å². The summed E-state index contributed by atoms with van der Waals surface area (Å²) in [5.74, 6) is 0. The molecule has 0 radical (unpaired) electrons. The van der Waals surface area contributed by atoms with E-state index in [4.69, 9.17) is 4.74 Å². The van der Waals surface area contributed by atoms with Crippen LogP contribution in [0.4, 0.5) is 4.79 Å². The van der Waals surface area contributed by atoms with E-state index in [1.165, 1.54) is 6.08 Å². The number of carbonyl (C=O) groups excluding carboxylic acids is 2. The van der Waals surface area contributed by atoms with Crippen molar-refractivity contribution in [1.29, 1.82) is 0 Å². The number of amides is 1. The molecule has 0 atom stereocenters. The third-order valence-electron chi connectivity index (χ3n) is 4.42. The zero-order valence-electron chi connectivity index (χ0n) is 16.5. The zero-order chi connectivity index (χ0) is 18.8. The first-order valence-electron chi connectivity index (χ1n) is 9.93. The summed E-state index contributed by atoms with van der Waals surface area (Å²) in [5, 5.41) is 2.81. The Balaban J connectivity index is 3.89. The highest BCUT2D eigenvalue weighted by atomic mass is 16.5. The van der Waals surface area contributed by atoms with Crippen molar-refractivity contribution >= 4 is 12.2 Å². The summed E-state index contributed by atoms with van der Waals surface area (Å²) in [4.78, 5) is 25.2. The maximum Gasteiger partial charge on any atom is 0.407 e. The molecule has 0 aliphatic heterocycles. The Hall–Kier alpha value is -1.39. The molecule has 0 rings (SSSR count). The number of rotatable bonds is 16. The van der Waals surface area contributed by atoms with E-state index in [0.717, 1.165) is 75.6 Å². The fraction of sp³-hybridized carbons (Fsp3) is 0.895. The van der Waals surface area contributed by atoms with Gasteiger partial charge in [-0.2, -0.15) is 0 Å². The highest BCUT2D eigenvalue weighted by Gasteiger charge is 2.24. The normalized spacial score (nSPS) is 11.0. The number of unbranched alkanes of at least 4 members (excludes halogenated alkanes) is 3. The SMILES string of the molecule is CCC[N+](CCC)(CCC)CCOC(=O)NCCCCCCN=C=O. The van der Waals surface area contributed by atoms with E-state index in [-0.39, 0.29) is 6.09 Å². The molecule has 0 aromatic rings. The first-order valence-corrected chi connectivity index (χ1v) is 9.93. The van der Waals surface area contributed by atoms with Gasteiger partial charge in [-0.1, -0.05) is 33.6 Å². The number of carbonyl (C=O) groups is 1. The highest BCUT2D eigenvalue weighted by molar-refractivity contribution is 5.66. The van der Waals surface area contributed by atoms with Crippen molar-refractivity contribution < 1.29 is 18.8 Å². The third-order valence-corrected chi connectivity index (χ3v) is 4.42. The van der Waals surface area contributed by atoms with Crippen LogP contribution in [0.15, 0.2) is 4.99 Å². The minimum absolute atomic E-state index is 0.312. The van der Waals surface area contributed by atoms with Crippen LogP contribution in [0.3, 0.4) is 0 Å². The average molecular weight is 357 g/mol. The summed E-state index contributed by atoms with van der Waals surface area (Å²) in [6, 6.07) is 0. The summed E-state index contributed by atoms with van der Waals surface area (Å²) in [5.41, 5.74) is 0. The molecule has 0 aliphatic carbocycles. The molecular formula is C19H38N3O3+. The van der Waals surface area contributed by atoms with Crippen molar-refractivity contribution in [2.75, 3.05) is 45.9 Å². The van der Waals surface area contributed by atoms with Gasteiger partial charge in [-0.05, 0) is 32.1 Å². The van der Waals surface area contributed by atoms with Crippen LogP contribution >= 0.6 is 0 Å². The van der Waals surface area contributed by atoms with Crippen molar-refractivity contribution in [2.24, 2.45) is 4.99 Å². The van der Waals surface area contributed by atoms with E-state index in [0.29, 0.717) is 19.7 Å². The quantitative estimate of drug-likeness (QED) is 0.199. The second-order valence-electron chi connectivity index (χ2n) is 6.69. The van der Waals surface area contributed by atoms with Gasteiger partial charge in [0.1, 0.15) is 13.2 Å². The summed E-state index contributed by atoms with van der Waals surface area (Å²) in [6.07, 6.45) is 8.53. The summed E-state index contributed by atoms with van der Waals surface area (Å²) < 4.78 is 6.43.